The van der Waals surface area contributed by atoms with Crippen molar-refractivity contribution in [3.8, 4) is 0 Å². The fraction of sp³-hybridized carbons (Fsp3) is 0.364. The molecule has 1 aromatic carbocycles. The number of rotatable bonds is 4. The van der Waals surface area contributed by atoms with Gasteiger partial charge in [0, 0.05) is 11.4 Å². The van der Waals surface area contributed by atoms with Gasteiger partial charge in [0.2, 0.25) is 0 Å². The second-order valence-electron chi connectivity index (χ2n) is 3.41. The van der Waals surface area contributed by atoms with Crippen LogP contribution in [0.5, 0.6) is 0 Å². The zero-order valence-corrected chi connectivity index (χ0v) is 10.3. The average Bonchev–Trinajstić information content (AvgIpc) is 2.60. The molecule has 0 aliphatic carbocycles. The minimum Gasteiger partial charge on any atom is -0.399 e. The lowest BCUT2D eigenvalue weighted by Crippen LogP contribution is -1.81. The highest BCUT2D eigenvalue weighted by molar-refractivity contribution is 8.01. The van der Waals surface area contributed by atoms with Gasteiger partial charge < -0.3 is 5.73 Å². The number of hydrogen-bond acceptors (Lipinski definition) is 4. The standard InChI is InChI=1S/C11H14N2S2/c1-2-3-6-14-11-13-9-5-4-8(12)7-10(9)15-11/h4-5,7H,2-3,6,12H2,1H3. The van der Waals surface area contributed by atoms with Crippen LogP contribution in [-0.4, -0.2) is 10.7 Å². The Kier molecular flexibility index (Phi) is 3.49. The highest BCUT2D eigenvalue weighted by atomic mass is 32.2. The smallest absolute Gasteiger partial charge is 0.151 e. The molecular formula is C11H14N2S2. The van der Waals surface area contributed by atoms with E-state index in [1.165, 1.54) is 17.5 Å². The predicted octanol–water partition coefficient (Wildman–Crippen LogP) is 3.77. The van der Waals surface area contributed by atoms with Gasteiger partial charge in [-0.3, -0.25) is 0 Å². The molecule has 0 bridgehead atoms. The molecule has 0 amide bonds. The fourth-order valence-corrected chi connectivity index (χ4v) is 3.56. The molecule has 0 fully saturated rings. The van der Waals surface area contributed by atoms with Crippen molar-refractivity contribution < 1.29 is 0 Å². The molecule has 4 heteroatoms. The number of thiazole rings is 1. The number of aromatic nitrogens is 1. The Morgan fingerprint density at radius 1 is 1.47 bits per heavy atom. The quantitative estimate of drug-likeness (QED) is 0.500. The summed E-state index contributed by atoms with van der Waals surface area (Å²) in [4.78, 5) is 4.55. The summed E-state index contributed by atoms with van der Waals surface area (Å²) < 4.78 is 2.35. The fourth-order valence-electron chi connectivity index (χ4n) is 1.29. The van der Waals surface area contributed by atoms with E-state index in [2.05, 4.69) is 11.9 Å². The minimum absolute atomic E-state index is 0.816. The van der Waals surface area contributed by atoms with Crippen molar-refractivity contribution in [3.05, 3.63) is 18.2 Å². The van der Waals surface area contributed by atoms with Crippen LogP contribution in [0, 0.1) is 0 Å². The Labute approximate surface area is 97.9 Å². The van der Waals surface area contributed by atoms with Crippen molar-refractivity contribution in [2.24, 2.45) is 0 Å². The number of nitrogens with two attached hydrogens (primary N) is 1. The number of fused-ring (bicyclic) bond motifs is 1. The topological polar surface area (TPSA) is 38.9 Å². The molecule has 2 nitrogen and oxygen atoms in total. The van der Waals surface area contributed by atoms with Crippen molar-refractivity contribution >= 4 is 39.0 Å². The monoisotopic (exact) mass is 238 g/mol. The number of hydrogen-bond donors (Lipinski definition) is 1. The summed E-state index contributed by atoms with van der Waals surface area (Å²) in [6.45, 7) is 2.21. The normalized spacial score (nSPS) is 11.0. The maximum atomic E-state index is 5.73. The number of unbranched alkanes of at least 4 members (excludes halogenated alkanes) is 1. The lowest BCUT2D eigenvalue weighted by Gasteiger charge is -1.92. The van der Waals surface area contributed by atoms with Crippen LogP contribution in [0.15, 0.2) is 22.5 Å². The van der Waals surface area contributed by atoms with E-state index in [0.29, 0.717) is 0 Å². The van der Waals surface area contributed by atoms with Crippen LogP contribution in [0.3, 0.4) is 0 Å². The van der Waals surface area contributed by atoms with Crippen LogP contribution in [0.25, 0.3) is 10.2 Å². The van der Waals surface area contributed by atoms with Gasteiger partial charge in [-0.05, 0) is 24.6 Å². The molecular weight excluding hydrogens is 224 g/mol. The van der Waals surface area contributed by atoms with Crippen LogP contribution in [0.2, 0.25) is 0 Å². The van der Waals surface area contributed by atoms with Gasteiger partial charge in [0.25, 0.3) is 0 Å². The lowest BCUT2D eigenvalue weighted by atomic mass is 10.3. The van der Waals surface area contributed by atoms with E-state index < -0.39 is 0 Å². The van der Waals surface area contributed by atoms with Crippen LogP contribution in [0.1, 0.15) is 19.8 Å². The molecule has 2 aromatic rings. The van der Waals surface area contributed by atoms with Crippen molar-refractivity contribution in [2.75, 3.05) is 11.5 Å². The molecule has 0 radical (unpaired) electrons. The average molecular weight is 238 g/mol. The van der Waals surface area contributed by atoms with Crippen LogP contribution < -0.4 is 5.73 Å². The zero-order chi connectivity index (χ0) is 10.7. The summed E-state index contributed by atoms with van der Waals surface area (Å²) in [5.41, 5.74) is 7.61. The Bertz CT molecular complexity index is 451. The number of thioether (sulfide) groups is 1. The maximum absolute atomic E-state index is 5.73. The molecule has 0 aliphatic heterocycles. The second kappa shape index (κ2) is 4.86. The Morgan fingerprint density at radius 3 is 3.13 bits per heavy atom. The summed E-state index contributed by atoms with van der Waals surface area (Å²) >= 11 is 3.58. The summed E-state index contributed by atoms with van der Waals surface area (Å²) in [6.07, 6.45) is 2.49. The van der Waals surface area contributed by atoms with E-state index in [0.717, 1.165) is 21.3 Å². The van der Waals surface area contributed by atoms with Crippen LogP contribution >= 0.6 is 23.1 Å². The third-order valence-electron chi connectivity index (χ3n) is 2.12. The molecule has 80 valence electrons. The third-order valence-corrected chi connectivity index (χ3v) is 4.36. The van der Waals surface area contributed by atoms with Crippen LogP contribution in [-0.2, 0) is 0 Å². The van der Waals surface area contributed by atoms with Gasteiger partial charge in [-0.25, -0.2) is 4.98 Å². The summed E-state index contributed by atoms with van der Waals surface area (Å²) in [6, 6.07) is 5.89. The molecule has 0 saturated heterocycles. The Balaban J connectivity index is 2.16. The molecule has 15 heavy (non-hydrogen) atoms. The molecule has 2 rings (SSSR count). The van der Waals surface area contributed by atoms with Gasteiger partial charge >= 0.3 is 0 Å². The van der Waals surface area contributed by atoms with Crippen molar-refractivity contribution in [2.45, 2.75) is 24.1 Å². The largest absolute Gasteiger partial charge is 0.399 e. The highest BCUT2D eigenvalue weighted by Crippen LogP contribution is 2.30. The van der Waals surface area contributed by atoms with E-state index in [9.17, 15) is 0 Å². The van der Waals surface area contributed by atoms with Gasteiger partial charge in [-0.15, -0.1) is 11.3 Å². The summed E-state index contributed by atoms with van der Waals surface area (Å²) in [5.74, 6) is 1.16. The van der Waals surface area contributed by atoms with Gasteiger partial charge in [-0.2, -0.15) is 0 Å². The predicted molar refractivity (Wildman–Crippen MR) is 69.7 cm³/mol. The molecule has 1 heterocycles. The molecule has 0 aliphatic rings. The lowest BCUT2D eigenvalue weighted by molar-refractivity contribution is 0.896. The summed E-state index contributed by atoms with van der Waals surface area (Å²) in [7, 11) is 0. The number of anilines is 1. The first kappa shape index (κ1) is 10.8. The van der Waals surface area contributed by atoms with Crippen molar-refractivity contribution in [1.82, 2.24) is 4.98 Å². The number of nitrogens with zero attached hydrogens (tertiary/aromatic N) is 1. The first-order valence-corrected chi connectivity index (χ1v) is 6.88. The third kappa shape index (κ3) is 2.63. The van der Waals surface area contributed by atoms with E-state index in [4.69, 9.17) is 5.73 Å². The van der Waals surface area contributed by atoms with E-state index in [1.54, 1.807) is 11.3 Å². The zero-order valence-electron chi connectivity index (χ0n) is 8.69. The van der Waals surface area contributed by atoms with E-state index in [1.807, 2.05) is 30.0 Å². The molecule has 0 unspecified atom stereocenters. The first-order chi connectivity index (χ1) is 7.29. The molecule has 0 atom stereocenters. The summed E-state index contributed by atoms with van der Waals surface area (Å²) in [5, 5.41) is 0. The van der Waals surface area contributed by atoms with E-state index >= 15 is 0 Å². The highest BCUT2D eigenvalue weighted by Gasteiger charge is 2.03. The molecule has 2 N–H and O–H groups in total. The van der Waals surface area contributed by atoms with Gasteiger partial charge in [-0.1, -0.05) is 25.1 Å². The Morgan fingerprint density at radius 2 is 2.33 bits per heavy atom. The van der Waals surface area contributed by atoms with Crippen molar-refractivity contribution in [1.29, 1.82) is 0 Å². The van der Waals surface area contributed by atoms with Gasteiger partial charge in [0.05, 0.1) is 10.2 Å². The maximum Gasteiger partial charge on any atom is 0.151 e. The number of benzene rings is 1. The van der Waals surface area contributed by atoms with Gasteiger partial charge in [0.15, 0.2) is 4.34 Å². The van der Waals surface area contributed by atoms with Crippen molar-refractivity contribution in [3.63, 3.8) is 0 Å². The Hall–Kier alpha value is -0.740. The molecule has 0 spiro atoms. The second-order valence-corrected chi connectivity index (χ2v) is 5.78. The molecule has 0 saturated carbocycles. The minimum atomic E-state index is 0.816. The first-order valence-electron chi connectivity index (χ1n) is 5.08. The SMILES string of the molecule is CCCCSc1nc2ccc(N)cc2s1. The van der Waals surface area contributed by atoms with E-state index in [-0.39, 0.29) is 0 Å². The molecule has 1 aromatic heterocycles. The van der Waals surface area contributed by atoms with Gasteiger partial charge in [0.1, 0.15) is 0 Å². The number of nitrogen functional groups attached to an aromatic ring is 1. The van der Waals surface area contributed by atoms with Crippen LogP contribution in [0.4, 0.5) is 5.69 Å².